The second kappa shape index (κ2) is 7.37. The van der Waals surface area contributed by atoms with Gasteiger partial charge < -0.3 is 25.1 Å². The van der Waals surface area contributed by atoms with Crippen molar-refractivity contribution in [3.8, 4) is 5.75 Å². The minimum atomic E-state index is -1.61. The van der Waals surface area contributed by atoms with Crippen LogP contribution in [0.1, 0.15) is 27.2 Å². The van der Waals surface area contributed by atoms with E-state index in [2.05, 4.69) is 10.6 Å². The summed E-state index contributed by atoms with van der Waals surface area (Å²) in [5.41, 5.74) is 6.10. The van der Waals surface area contributed by atoms with Crippen molar-refractivity contribution < 1.29 is 28.3 Å². The first-order chi connectivity index (χ1) is 15.8. The summed E-state index contributed by atoms with van der Waals surface area (Å²) in [5.74, 6) is -0.643. The van der Waals surface area contributed by atoms with Gasteiger partial charge in [0.15, 0.2) is 5.54 Å². The summed E-state index contributed by atoms with van der Waals surface area (Å²) in [7, 11) is 1.52. The first kappa shape index (κ1) is 20.6. The number of rotatable bonds is 6. The van der Waals surface area contributed by atoms with Gasteiger partial charge in [0.25, 0.3) is 11.8 Å². The molecule has 5 amide bonds. The van der Waals surface area contributed by atoms with Crippen molar-refractivity contribution in [3.05, 3.63) is 64.9 Å². The maximum Gasteiger partial charge on any atom is 0.322 e. The van der Waals surface area contributed by atoms with Gasteiger partial charge in [-0.1, -0.05) is 12.1 Å². The number of amides is 5. The molecule has 10 nitrogen and oxygen atoms in total. The number of nitrogens with one attached hydrogen (secondary N) is 2. The molecule has 0 spiro atoms. The van der Waals surface area contributed by atoms with E-state index in [1.165, 1.54) is 12.0 Å². The van der Waals surface area contributed by atoms with Crippen molar-refractivity contribution >= 4 is 34.7 Å². The van der Waals surface area contributed by atoms with Crippen LogP contribution in [0.4, 0.5) is 4.79 Å². The number of benzene rings is 2. The highest BCUT2D eigenvalue weighted by atomic mass is 16.5. The number of methoxy groups -OCH3 is 1. The zero-order valence-electron chi connectivity index (χ0n) is 17.6. The molecule has 2 aliphatic heterocycles. The van der Waals surface area contributed by atoms with E-state index in [0.717, 1.165) is 5.56 Å². The first-order valence-corrected chi connectivity index (χ1v) is 10.2. The molecule has 0 radical (unpaired) electrons. The molecule has 0 bridgehead atoms. The molecular formula is C23H20N4O6. The lowest BCUT2D eigenvalue weighted by Gasteiger charge is -2.29. The topological polar surface area (TPSA) is 144 Å². The zero-order valence-corrected chi connectivity index (χ0v) is 17.6. The van der Waals surface area contributed by atoms with Crippen LogP contribution in [0.5, 0.6) is 5.75 Å². The molecule has 2 aromatic carbocycles. The molecule has 0 saturated carbocycles. The van der Waals surface area contributed by atoms with Gasteiger partial charge in [-0.15, -0.1) is 0 Å². The first-order valence-electron chi connectivity index (χ1n) is 10.2. The van der Waals surface area contributed by atoms with Crippen molar-refractivity contribution in [2.75, 3.05) is 13.7 Å². The average Bonchev–Trinajstić information content (AvgIpc) is 3.41. The summed E-state index contributed by atoms with van der Waals surface area (Å²) in [6, 6.07) is 11.3. The Bertz CT molecular complexity index is 1350. The van der Waals surface area contributed by atoms with E-state index in [1.807, 2.05) is 0 Å². The Balaban J connectivity index is 1.52. The number of furan rings is 1. The zero-order chi connectivity index (χ0) is 23.3. The van der Waals surface area contributed by atoms with Crippen LogP contribution < -0.4 is 21.1 Å². The Labute approximate surface area is 187 Å². The van der Waals surface area contributed by atoms with Crippen LogP contribution in [0.25, 0.3) is 11.0 Å². The highest BCUT2D eigenvalue weighted by Crippen LogP contribution is 2.35. The minimum absolute atomic E-state index is 0.0584. The van der Waals surface area contributed by atoms with Gasteiger partial charge in [0, 0.05) is 17.5 Å². The van der Waals surface area contributed by atoms with Crippen LogP contribution in [-0.2, 0) is 28.1 Å². The summed E-state index contributed by atoms with van der Waals surface area (Å²) < 4.78 is 11.2. The fourth-order valence-corrected chi connectivity index (χ4v) is 4.35. The van der Waals surface area contributed by atoms with E-state index in [1.54, 1.807) is 42.5 Å². The highest BCUT2D eigenvalue weighted by molar-refractivity contribution is 6.08. The van der Waals surface area contributed by atoms with Crippen molar-refractivity contribution in [3.63, 3.8) is 0 Å². The molecule has 3 heterocycles. The van der Waals surface area contributed by atoms with Gasteiger partial charge in [-0.05, 0) is 41.5 Å². The summed E-state index contributed by atoms with van der Waals surface area (Å²) in [5, 5.41) is 5.54. The smallest absolute Gasteiger partial charge is 0.322 e. The standard InChI is InChI=1S/C23H20N4O6/c1-32-15-4-3-13-10-27(20(29)16(13)9-15)11-23(21(30)25-22(31)26-23)18-8-14-6-12(7-19(24)28)2-5-17(14)33-18/h2-6,8-9H,7,10-11H2,1H3,(H2,24,28)(H2,25,26,30,31)/t23-/m0/s1. The Morgan fingerprint density at radius 2 is 2.00 bits per heavy atom. The molecule has 168 valence electrons. The number of imide groups is 1. The number of nitrogens with zero attached hydrogens (tertiary/aromatic N) is 1. The predicted molar refractivity (Wildman–Crippen MR) is 115 cm³/mol. The highest BCUT2D eigenvalue weighted by Gasteiger charge is 2.53. The van der Waals surface area contributed by atoms with E-state index in [4.69, 9.17) is 14.9 Å². The van der Waals surface area contributed by atoms with Crippen LogP contribution in [0, 0.1) is 0 Å². The van der Waals surface area contributed by atoms with E-state index < -0.39 is 23.4 Å². The van der Waals surface area contributed by atoms with Crippen molar-refractivity contribution in [1.82, 2.24) is 15.5 Å². The maximum atomic E-state index is 13.1. The monoisotopic (exact) mass is 448 g/mol. The molecule has 5 rings (SSSR count). The fourth-order valence-electron chi connectivity index (χ4n) is 4.35. The Morgan fingerprint density at radius 1 is 1.18 bits per heavy atom. The predicted octanol–water partition coefficient (Wildman–Crippen LogP) is 1.16. The lowest BCUT2D eigenvalue weighted by Crippen LogP contribution is -2.52. The number of hydrogen-bond donors (Lipinski definition) is 3. The fraction of sp³-hybridized carbons (Fsp3) is 0.217. The molecule has 1 atom stereocenters. The summed E-state index contributed by atoms with van der Waals surface area (Å²) >= 11 is 0. The largest absolute Gasteiger partial charge is 0.497 e. The third-order valence-electron chi connectivity index (χ3n) is 5.95. The van der Waals surface area contributed by atoms with Crippen LogP contribution in [0.3, 0.4) is 0 Å². The molecule has 2 aliphatic rings. The third kappa shape index (κ3) is 3.36. The number of nitrogens with two attached hydrogens (primary N) is 1. The summed E-state index contributed by atoms with van der Waals surface area (Å²) in [6.07, 6.45) is 0.0584. The molecule has 10 heteroatoms. The van der Waals surface area contributed by atoms with Gasteiger partial charge in [0.1, 0.15) is 17.1 Å². The second-order valence-electron chi connectivity index (χ2n) is 8.12. The number of urea groups is 1. The quantitative estimate of drug-likeness (QED) is 0.483. The van der Waals surface area contributed by atoms with E-state index in [-0.39, 0.29) is 31.2 Å². The Hall–Kier alpha value is -4.34. The summed E-state index contributed by atoms with van der Waals surface area (Å²) in [6.45, 7) is 0.139. The Morgan fingerprint density at radius 3 is 2.70 bits per heavy atom. The molecule has 1 aromatic heterocycles. The third-order valence-corrected chi connectivity index (χ3v) is 5.95. The number of ether oxygens (including phenoxy) is 1. The molecule has 0 unspecified atom stereocenters. The van der Waals surface area contributed by atoms with Crippen molar-refractivity contribution in [2.45, 2.75) is 18.5 Å². The maximum absolute atomic E-state index is 13.1. The van der Waals surface area contributed by atoms with E-state index in [9.17, 15) is 19.2 Å². The van der Waals surface area contributed by atoms with Gasteiger partial charge >= 0.3 is 6.03 Å². The Kier molecular flexibility index (Phi) is 4.59. The van der Waals surface area contributed by atoms with Crippen LogP contribution in [-0.4, -0.2) is 42.3 Å². The second-order valence-corrected chi connectivity index (χ2v) is 8.12. The van der Waals surface area contributed by atoms with Gasteiger partial charge in [-0.2, -0.15) is 0 Å². The van der Waals surface area contributed by atoms with Crippen molar-refractivity contribution in [2.24, 2.45) is 5.73 Å². The van der Waals surface area contributed by atoms with Crippen LogP contribution in [0.2, 0.25) is 0 Å². The van der Waals surface area contributed by atoms with Gasteiger partial charge in [0.05, 0.1) is 20.1 Å². The van der Waals surface area contributed by atoms with Crippen LogP contribution >= 0.6 is 0 Å². The molecule has 1 fully saturated rings. The molecule has 4 N–H and O–H groups in total. The van der Waals surface area contributed by atoms with Gasteiger partial charge in [0.2, 0.25) is 5.91 Å². The number of primary amides is 1. The van der Waals surface area contributed by atoms with Crippen molar-refractivity contribution in [1.29, 1.82) is 0 Å². The SMILES string of the molecule is COc1ccc2c(c1)C(=O)N(C[C@@]1(c3cc4cc(CC(N)=O)ccc4o3)NC(=O)NC1=O)C2. The number of carbonyl (C=O) groups is 4. The summed E-state index contributed by atoms with van der Waals surface area (Å²) in [4.78, 5) is 51.0. The average molecular weight is 448 g/mol. The molecule has 3 aromatic rings. The van der Waals surface area contributed by atoms with Gasteiger partial charge in [-0.25, -0.2) is 4.79 Å². The van der Waals surface area contributed by atoms with E-state index in [0.29, 0.717) is 27.8 Å². The molecular weight excluding hydrogens is 428 g/mol. The molecule has 33 heavy (non-hydrogen) atoms. The van der Waals surface area contributed by atoms with Crippen LogP contribution in [0.15, 0.2) is 46.9 Å². The normalized spacial score (nSPS) is 19.5. The molecule has 1 saturated heterocycles. The number of fused-ring (bicyclic) bond motifs is 2. The number of carbonyl (C=O) groups excluding carboxylic acids is 4. The van der Waals surface area contributed by atoms with E-state index >= 15 is 0 Å². The van der Waals surface area contributed by atoms with Gasteiger partial charge in [-0.3, -0.25) is 19.7 Å². The molecule has 0 aliphatic carbocycles. The lowest BCUT2D eigenvalue weighted by atomic mass is 9.95. The minimum Gasteiger partial charge on any atom is -0.497 e. The number of hydrogen-bond acceptors (Lipinski definition) is 6. The lowest BCUT2D eigenvalue weighted by molar-refractivity contribution is -0.125.